The summed E-state index contributed by atoms with van der Waals surface area (Å²) in [5, 5.41) is 29.7. The van der Waals surface area contributed by atoms with Crippen LogP contribution in [0.3, 0.4) is 0 Å². The number of aliphatic carboxylic acids is 3. The molecule has 0 spiro atoms. The van der Waals surface area contributed by atoms with Crippen LogP contribution in [-0.4, -0.2) is 69.2 Å². The fourth-order valence-corrected chi connectivity index (χ4v) is 2.09. The van der Waals surface area contributed by atoms with Crippen LogP contribution >= 0.6 is 0 Å². The Hall–Kier alpha value is -2.42. The quantitative estimate of drug-likeness (QED) is 0.380. The fraction of sp³-hybridized carbons (Fsp3) is 0.571. The molecule has 0 fully saturated rings. The normalized spacial score (nSPS) is 13.2. The number of nitrogens with one attached hydrogen (secondary N) is 1. The van der Waals surface area contributed by atoms with Crippen molar-refractivity contribution >= 4 is 23.8 Å². The maximum Gasteiger partial charge on any atom is 0.323 e. The smallest absolute Gasteiger partial charge is 0.323 e. The summed E-state index contributed by atoms with van der Waals surface area (Å²) < 4.78 is 0. The monoisotopic (exact) mass is 330 g/mol. The molecule has 0 aliphatic rings. The molecule has 0 heterocycles. The Labute approximate surface area is 133 Å². The summed E-state index contributed by atoms with van der Waals surface area (Å²) in [4.78, 5) is 45.9. The summed E-state index contributed by atoms with van der Waals surface area (Å²) >= 11 is 0. The summed E-state index contributed by atoms with van der Waals surface area (Å²) in [5.74, 6) is -4.70. The Balaban J connectivity index is 5.56. The van der Waals surface area contributed by atoms with Gasteiger partial charge in [0.05, 0.1) is 19.1 Å². The van der Waals surface area contributed by atoms with Crippen molar-refractivity contribution < 1.29 is 34.5 Å². The van der Waals surface area contributed by atoms with Crippen molar-refractivity contribution in [2.75, 3.05) is 13.1 Å². The minimum Gasteiger partial charge on any atom is -0.480 e. The summed E-state index contributed by atoms with van der Waals surface area (Å²) in [6, 6.07) is -2.43. The summed E-state index contributed by atoms with van der Waals surface area (Å²) in [6.07, 6.45) is 0.755. The van der Waals surface area contributed by atoms with E-state index in [0.717, 1.165) is 4.90 Å². The number of carbonyl (C=O) groups excluding carboxylic acids is 1. The van der Waals surface area contributed by atoms with Gasteiger partial charge in [-0.2, -0.15) is 0 Å². The van der Waals surface area contributed by atoms with Gasteiger partial charge in [0.1, 0.15) is 6.04 Å². The molecule has 23 heavy (non-hydrogen) atoms. The molecular formula is C14H22N2O7. The van der Waals surface area contributed by atoms with Gasteiger partial charge >= 0.3 is 17.9 Å². The standard InChI is InChI=1S/C14H22N2O7/c1-4-5-9(15-13(21)8(2)3)12(14(22)23)16(6-10(17)18)7-11(19)20/h9,12H,2,4-7H2,1,3H3,(H,15,21)(H,17,18)(H,19,20)(H,22,23). The van der Waals surface area contributed by atoms with Crippen LogP contribution in [0.4, 0.5) is 0 Å². The van der Waals surface area contributed by atoms with Crippen LogP contribution in [0, 0.1) is 0 Å². The SMILES string of the molecule is C=C(C)C(=O)NC(CCC)C(C(=O)O)N(CC(=O)O)CC(=O)O. The van der Waals surface area contributed by atoms with Crippen molar-refractivity contribution in [1.29, 1.82) is 0 Å². The summed E-state index contributed by atoms with van der Waals surface area (Å²) in [7, 11) is 0. The number of rotatable bonds is 11. The summed E-state index contributed by atoms with van der Waals surface area (Å²) in [5.41, 5.74) is 0.165. The Morgan fingerprint density at radius 2 is 1.57 bits per heavy atom. The maximum atomic E-state index is 11.8. The lowest BCUT2D eigenvalue weighted by Crippen LogP contribution is -2.57. The zero-order valence-corrected chi connectivity index (χ0v) is 13.1. The number of nitrogens with zero attached hydrogens (tertiary/aromatic N) is 1. The molecule has 0 saturated carbocycles. The number of hydrogen-bond acceptors (Lipinski definition) is 5. The Kier molecular flexibility index (Phi) is 8.56. The van der Waals surface area contributed by atoms with Gasteiger partial charge in [0.15, 0.2) is 0 Å². The van der Waals surface area contributed by atoms with Gasteiger partial charge in [0.2, 0.25) is 5.91 Å². The molecule has 0 rings (SSSR count). The van der Waals surface area contributed by atoms with Gasteiger partial charge in [-0.1, -0.05) is 19.9 Å². The highest BCUT2D eigenvalue weighted by Crippen LogP contribution is 2.12. The molecule has 0 aliphatic heterocycles. The van der Waals surface area contributed by atoms with Crippen molar-refractivity contribution in [2.45, 2.75) is 38.8 Å². The number of carboxylic acid groups (broad SMARTS) is 3. The average molecular weight is 330 g/mol. The molecule has 0 aromatic heterocycles. The minimum atomic E-state index is -1.48. The Bertz CT molecular complexity index is 474. The fourth-order valence-electron chi connectivity index (χ4n) is 2.09. The van der Waals surface area contributed by atoms with Gasteiger partial charge in [-0.15, -0.1) is 0 Å². The molecule has 2 unspecified atom stereocenters. The molecule has 4 N–H and O–H groups in total. The van der Waals surface area contributed by atoms with Gasteiger partial charge in [0.25, 0.3) is 0 Å². The van der Waals surface area contributed by atoms with Gasteiger partial charge < -0.3 is 20.6 Å². The van der Waals surface area contributed by atoms with E-state index >= 15 is 0 Å². The highest BCUT2D eigenvalue weighted by Gasteiger charge is 2.36. The average Bonchev–Trinajstić information content (AvgIpc) is 2.36. The van der Waals surface area contributed by atoms with Gasteiger partial charge in [-0.3, -0.25) is 24.1 Å². The van der Waals surface area contributed by atoms with E-state index in [2.05, 4.69) is 11.9 Å². The second-order valence-corrected chi connectivity index (χ2v) is 5.12. The first-order valence-electron chi connectivity index (χ1n) is 6.96. The third kappa shape index (κ3) is 7.41. The van der Waals surface area contributed by atoms with Crippen LogP contribution in [0.15, 0.2) is 12.2 Å². The topological polar surface area (TPSA) is 144 Å². The largest absolute Gasteiger partial charge is 0.480 e. The number of carboxylic acids is 3. The summed E-state index contributed by atoms with van der Waals surface area (Å²) in [6.45, 7) is 5.12. The third-order valence-corrected chi connectivity index (χ3v) is 3.01. The van der Waals surface area contributed by atoms with E-state index < -0.39 is 49.0 Å². The van der Waals surface area contributed by atoms with Gasteiger partial charge in [0, 0.05) is 5.57 Å². The van der Waals surface area contributed by atoms with Crippen LogP contribution in [0.1, 0.15) is 26.7 Å². The molecule has 1 amide bonds. The van der Waals surface area contributed by atoms with Crippen molar-refractivity contribution in [2.24, 2.45) is 0 Å². The zero-order chi connectivity index (χ0) is 18.2. The predicted octanol–water partition coefficient (Wildman–Crippen LogP) is -0.228. The van der Waals surface area contributed by atoms with Gasteiger partial charge in [-0.25, -0.2) is 0 Å². The van der Waals surface area contributed by atoms with E-state index in [1.54, 1.807) is 6.92 Å². The third-order valence-electron chi connectivity index (χ3n) is 3.01. The molecule has 9 nitrogen and oxygen atoms in total. The van der Waals surface area contributed by atoms with Crippen molar-refractivity contribution in [3.63, 3.8) is 0 Å². The first-order chi connectivity index (χ1) is 10.6. The molecule has 2 atom stereocenters. The second kappa shape index (κ2) is 9.57. The number of carbonyl (C=O) groups is 4. The first kappa shape index (κ1) is 20.6. The van der Waals surface area contributed by atoms with Crippen LogP contribution < -0.4 is 5.32 Å². The van der Waals surface area contributed by atoms with Crippen molar-refractivity contribution in [3.8, 4) is 0 Å². The Morgan fingerprint density at radius 1 is 1.09 bits per heavy atom. The van der Waals surface area contributed by atoms with E-state index in [0.29, 0.717) is 6.42 Å². The van der Waals surface area contributed by atoms with Crippen LogP contribution in [0.5, 0.6) is 0 Å². The number of hydrogen-bond donors (Lipinski definition) is 4. The minimum absolute atomic E-state index is 0.165. The van der Waals surface area contributed by atoms with E-state index in [-0.39, 0.29) is 12.0 Å². The highest BCUT2D eigenvalue weighted by atomic mass is 16.4. The molecule has 0 aliphatic carbocycles. The lowest BCUT2D eigenvalue weighted by Gasteiger charge is -2.32. The molecule has 0 saturated heterocycles. The van der Waals surface area contributed by atoms with Crippen LogP contribution in [0.2, 0.25) is 0 Å². The lowest BCUT2D eigenvalue weighted by atomic mass is 10.0. The molecule has 130 valence electrons. The van der Waals surface area contributed by atoms with E-state index in [9.17, 15) is 24.3 Å². The second-order valence-electron chi connectivity index (χ2n) is 5.12. The van der Waals surface area contributed by atoms with E-state index in [1.165, 1.54) is 6.92 Å². The van der Waals surface area contributed by atoms with E-state index in [4.69, 9.17) is 10.2 Å². The number of amides is 1. The van der Waals surface area contributed by atoms with Crippen molar-refractivity contribution in [3.05, 3.63) is 12.2 Å². The molecule has 0 aromatic carbocycles. The molecule has 9 heteroatoms. The lowest BCUT2D eigenvalue weighted by molar-refractivity contribution is -0.150. The van der Waals surface area contributed by atoms with Gasteiger partial charge in [-0.05, 0) is 13.3 Å². The van der Waals surface area contributed by atoms with E-state index in [1.807, 2.05) is 0 Å². The van der Waals surface area contributed by atoms with Crippen molar-refractivity contribution in [1.82, 2.24) is 10.2 Å². The van der Waals surface area contributed by atoms with Crippen LogP contribution in [-0.2, 0) is 19.2 Å². The molecule has 0 bridgehead atoms. The molecule has 0 radical (unpaired) electrons. The highest BCUT2D eigenvalue weighted by molar-refractivity contribution is 5.93. The molecular weight excluding hydrogens is 308 g/mol. The predicted molar refractivity (Wildman–Crippen MR) is 79.9 cm³/mol. The zero-order valence-electron chi connectivity index (χ0n) is 13.1. The maximum absolute atomic E-state index is 11.8. The molecule has 0 aromatic rings. The first-order valence-corrected chi connectivity index (χ1v) is 6.96. The Morgan fingerprint density at radius 3 is 1.87 bits per heavy atom. The van der Waals surface area contributed by atoms with Crippen LogP contribution in [0.25, 0.3) is 0 Å².